The topological polar surface area (TPSA) is 83.5 Å². The van der Waals surface area contributed by atoms with Gasteiger partial charge >= 0.3 is 8.03 Å². The number of hydrogen-bond acceptors (Lipinski definition) is 3. The first-order valence-electron chi connectivity index (χ1n) is 2.68. The Morgan fingerprint density at radius 1 is 1.67 bits per heavy atom. The summed E-state index contributed by atoms with van der Waals surface area (Å²) in [6.07, 6.45) is -0.188. The molecule has 0 bridgehead atoms. The van der Waals surface area contributed by atoms with Gasteiger partial charge in [-0.1, -0.05) is 0 Å². The zero-order valence-corrected chi connectivity index (χ0v) is 5.92. The van der Waals surface area contributed by atoms with Crippen molar-refractivity contribution in [1.29, 1.82) is 0 Å². The van der Waals surface area contributed by atoms with Gasteiger partial charge in [-0.05, 0) is 4.57 Å². The van der Waals surface area contributed by atoms with Crippen LogP contribution < -0.4 is 5.73 Å². The van der Waals surface area contributed by atoms with E-state index in [1.165, 1.54) is 0 Å². The molecule has 0 amide bonds. The van der Waals surface area contributed by atoms with E-state index >= 15 is 0 Å². The third-order valence-corrected chi connectivity index (χ3v) is 1.57. The average molecular weight is 152 g/mol. The molecular weight excluding hydrogens is 141 g/mol. The molecule has 0 radical (unpaired) electrons. The molecule has 0 aliphatic rings. The van der Waals surface area contributed by atoms with Gasteiger partial charge in [-0.3, -0.25) is 0 Å². The summed E-state index contributed by atoms with van der Waals surface area (Å²) >= 11 is 0. The molecule has 2 atom stereocenters. The Hall–Kier alpha value is -0.0200. The molecule has 0 saturated carbocycles. The Morgan fingerprint density at radius 3 is 2.56 bits per heavy atom. The zero-order valence-electron chi connectivity index (χ0n) is 5.03. The molecule has 0 heterocycles. The fourth-order valence-electron chi connectivity index (χ4n) is 0.377. The number of aliphatic hydroxyl groups is 1. The molecule has 5 heteroatoms. The normalized spacial score (nSPS) is 15.2. The molecule has 0 aromatic rings. The van der Waals surface area contributed by atoms with Crippen LogP contribution in [0, 0.1) is 0 Å². The number of hydrogen-bond donors (Lipinski definition) is 3. The second-order valence-corrected chi connectivity index (χ2v) is 2.91. The molecule has 0 rings (SSSR count). The van der Waals surface area contributed by atoms with Crippen LogP contribution in [0.15, 0.2) is 0 Å². The fraction of sp³-hybridized carbons (Fsp3) is 1.00. The van der Waals surface area contributed by atoms with Gasteiger partial charge in [-0.15, -0.1) is 0 Å². The van der Waals surface area contributed by atoms with Crippen LogP contribution in [0.1, 0.15) is 6.42 Å². The summed E-state index contributed by atoms with van der Waals surface area (Å²) in [5.74, 6) is 0. The van der Waals surface area contributed by atoms with Crippen molar-refractivity contribution in [2.75, 3.05) is 12.7 Å². The minimum Gasteiger partial charge on any atom is -0.392 e. The van der Waals surface area contributed by atoms with Crippen LogP contribution in [-0.4, -0.2) is 28.8 Å². The Labute approximate surface area is 54.6 Å². The van der Waals surface area contributed by atoms with Crippen molar-refractivity contribution in [2.24, 2.45) is 5.73 Å². The lowest BCUT2D eigenvalue weighted by molar-refractivity contribution is 0.179. The summed E-state index contributed by atoms with van der Waals surface area (Å²) in [6.45, 7) is 0.156. The average Bonchev–Trinajstić information content (AvgIpc) is 1.83. The molecule has 9 heavy (non-hydrogen) atoms. The van der Waals surface area contributed by atoms with Crippen LogP contribution in [-0.2, 0) is 4.57 Å². The minimum atomic E-state index is -2.10. The molecule has 0 aliphatic heterocycles. The van der Waals surface area contributed by atoms with E-state index in [0.717, 1.165) is 0 Å². The van der Waals surface area contributed by atoms with Gasteiger partial charge in [0.25, 0.3) is 0 Å². The second kappa shape index (κ2) is 4.82. The van der Waals surface area contributed by atoms with Crippen molar-refractivity contribution in [2.45, 2.75) is 12.5 Å². The van der Waals surface area contributed by atoms with E-state index < -0.39 is 14.1 Å². The van der Waals surface area contributed by atoms with Crippen molar-refractivity contribution in [1.82, 2.24) is 0 Å². The molecule has 54 valence electrons. The Kier molecular flexibility index (Phi) is 4.81. The van der Waals surface area contributed by atoms with E-state index in [0.29, 0.717) is 6.42 Å². The predicted molar refractivity (Wildman–Crippen MR) is 34.4 cm³/mol. The summed E-state index contributed by atoms with van der Waals surface area (Å²) in [4.78, 5) is 8.25. The van der Waals surface area contributed by atoms with Crippen LogP contribution in [0.5, 0.6) is 0 Å². The van der Waals surface area contributed by atoms with Crippen molar-refractivity contribution in [3.63, 3.8) is 0 Å². The van der Waals surface area contributed by atoms with Crippen LogP contribution in [0.2, 0.25) is 0 Å². The number of nitrogens with two attached hydrogens (primary N) is 1. The van der Waals surface area contributed by atoms with Crippen molar-refractivity contribution < 1.29 is 14.6 Å². The second-order valence-electron chi connectivity index (χ2n) is 1.75. The third-order valence-electron chi connectivity index (χ3n) is 0.926. The molecule has 2 unspecified atom stereocenters. The van der Waals surface area contributed by atoms with Gasteiger partial charge in [0.05, 0.1) is 6.10 Å². The molecule has 0 aromatic heterocycles. The predicted octanol–water partition coefficient (Wildman–Crippen LogP) is -0.569. The summed E-state index contributed by atoms with van der Waals surface area (Å²) < 4.78 is 10.0. The molecule has 0 saturated heterocycles. The number of rotatable bonds is 4. The summed E-state index contributed by atoms with van der Waals surface area (Å²) in [5, 5.41) is 8.74. The zero-order chi connectivity index (χ0) is 7.28. The first-order chi connectivity index (χ1) is 4.16. The van der Waals surface area contributed by atoms with Gasteiger partial charge in [0, 0.05) is 13.0 Å². The third kappa shape index (κ3) is 5.86. The number of aliphatic hydroxyl groups excluding tert-OH is 1. The first-order valence-corrected chi connectivity index (χ1v) is 4.08. The standard InChI is InChI=1S/C4H10NO3P/c5-3-4(6)1-2-9(7)8/h4,6H,1-3,5H2/p+1. The van der Waals surface area contributed by atoms with Crippen LogP contribution in [0.3, 0.4) is 0 Å². The van der Waals surface area contributed by atoms with Crippen molar-refractivity contribution in [3.05, 3.63) is 0 Å². The fourth-order valence-corrected chi connectivity index (χ4v) is 0.896. The molecule has 0 spiro atoms. The maximum Gasteiger partial charge on any atom is 0.505 e. The van der Waals surface area contributed by atoms with Gasteiger partial charge in [-0.2, -0.15) is 4.89 Å². The molecule has 4 nitrogen and oxygen atoms in total. The van der Waals surface area contributed by atoms with E-state index in [1.54, 1.807) is 0 Å². The largest absolute Gasteiger partial charge is 0.505 e. The van der Waals surface area contributed by atoms with E-state index in [1.807, 2.05) is 0 Å². The van der Waals surface area contributed by atoms with Gasteiger partial charge in [0.2, 0.25) is 0 Å². The Bertz CT molecular complexity index is 97.8. The Balaban J connectivity index is 3.16. The smallest absolute Gasteiger partial charge is 0.392 e. The monoisotopic (exact) mass is 152 g/mol. The van der Waals surface area contributed by atoms with Crippen molar-refractivity contribution >= 4 is 8.03 Å². The first kappa shape index (κ1) is 8.98. The lowest BCUT2D eigenvalue weighted by Gasteiger charge is -1.99. The van der Waals surface area contributed by atoms with E-state index in [2.05, 4.69) is 0 Å². The van der Waals surface area contributed by atoms with E-state index in [4.69, 9.17) is 15.7 Å². The molecule has 4 N–H and O–H groups in total. The minimum absolute atomic E-state index is 0.133. The molecule has 0 fully saturated rings. The quantitative estimate of drug-likeness (QED) is 0.471. The molecule has 0 aromatic carbocycles. The molecular formula is C4H11NO3P+. The van der Waals surface area contributed by atoms with Gasteiger partial charge in [-0.25, -0.2) is 0 Å². The highest BCUT2D eigenvalue weighted by atomic mass is 31.1. The van der Waals surface area contributed by atoms with Gasteiger partial charge < -0.3 is 10.8 Å². The highest BCUT2D eigenvalue weighted by molar-refractivity contribution is 7.37. The van der Waals surface area contributed by atoms with Crippen molar-refractivity contribution in [3.8, 4) is 0 Å². The van der Waals surface area contributed by atoms with Crippen LogP contribution >= 0.6 is 8.03 Å². The summed E-state index contributed by atoms with van der Waals surface area (Å²) in [6, 6.07) is 0. The van der Waals surface area contributed by atoms with E-state index in [9.17, 15) is 4.57 Å². The SMILES string of the molecule is NCC(O)CC[P+](=O)O. The Morgan fingerprint density at radius 2 is 2.22 bits per heavy atom. The lowest BCUT2D eigenvalue weighted by atomic mass is 10.3. The van der Waals surface area contributed by atoms with Crippen LogP contribution in [0.25, 0.3) is 0 Å². The summed E-state index contributed by atoms with van der Waals surface area (Å²) in [7, 11) is -2.10. The highest BCUT2D eigenvalue weighted by Crippen LogP contribution is 2.14. The van der Waals surface area contributed by atoms with Gasteiger partial charge in [0.15, 0.2) is 6.16 Å². The maximum atomic E-state index is 10.0. The highest BCUT2D eigenvalue weighted by Gasteiger charge is 2.12. The maximum absolute atomic E-state index is 10.0. The van der Waals surface area contributed by atoms with Crippen LogP contribution in [0.4, 0.5) is 0 Å². The lowest BCUT2D eigenvalue weighted by Crippen LogP contribution is -2.19. The molecule has 0 aliphatic carbocycles. The van der Waals surface area contributed by atoms with Gasteiger partial charge in [0.1, 0.15) is 0 Å². The summed E-state index contributed by atoms with van der Waals surface area (Å²) in [5.41, 5.74) is 5.03. The van der Waals surface area contributed by atoms with E-state index in [-0.39, 0.29) is 12.7 Å².